The molecule has 0 heterocycles. The lowest BCUT2D eigenvalue weighted by Crippen LogP contribution is -2.30. The van der Waals surface area contributed by atoms with Gasteiger partial charge in [0, 0.05) is 19.2 Å². The number of primary sulfonamides is 1. The molecule has 19 heavy (non-hydrogen) atoms. The molecule has 0 radical (unpaired) electrons. The van der Waals surface area contributed by atoms with Crippen molar-refractivity contribution in [3.63, 3.8) is 0 Å². The van der Waals surface area contributed by atoms with E-state index in [-0.39, 0.29) is 11.5 Å². The number of carbonyl (C=O) groups is 1. The molecule has 0 bridgehead atoms. The van der Waals surface area contributed by atoms with Crippen LogP contribution in [0.25, 0.3) is 0 Å². The zero-order valence-electron chi connectivity index (χ0n) is 11.1. The molecule has 0 saturated heterocycles. The number of benzene rings is 1. The van der Waals surface area contributed by atoms with Gasteiger partial charge in [0.25, 0.3) is 5.91 Å². The summed E-state index contributed by atoms with van der Waals surface area (Å²) in [5.41, 5.74) is -0.0350. The van der Waals surface area contributed by atoms with E-state index in [4.69, 9.17) is 5.14 Å². The molecule has 1 aromatic rings. The molecule has 7 heteroatoms. The SMILES string of the molecule is CC(C)CN(C)C(=O)c1cc(F)cc(S(N)(=O)=O)c1. The Morgan fingerprint density at radius 1 is 1.37 bits per heavy atom. The first-order chi connectivity index (χ1) is 8.61. The third-order valence-electron chi connectivity index (χ3n) is 2.43. The van der Waals surface area contributed by atoms with Gasteiger partial charge in [-0.1, -0.05) is 13.8 Å². The van der Waals surface area contributed by atoms with Crippen molar-refractivity contribution in [2.45, 2.75) is 18.7 Å². The summed E-state index contributed by atoms with van der Waals surface area (Å²) in [6, 6.07) is 2.86. The van der Waals surface area contributed by atoms with Crippen LogP contribution in [0.4, 0.5) is 4.39 Å². The molecule has 1 aromatic carbocycles. The summed E-state index contributed by atoms with van der Waals surface area (Å²) in [7, 11) is -2.47. The highest BCUT2D eigenvalue weighted by Crippen LogP contribution is 2.15. The van der Waals surface area contributed by atoms with Crippen molar-refractivity contribution in [2.24, 2.45) is 11.1 Å². The number of nitrogens with zero attached hydrogens (tertiary/aromatic N) is 1. The Labute approximate surface area is 112 Å². The van der Waals surface area contributed by atoms with Crippen LogP contribution in [-0.4, -0.2) is 32.8 Å². The van der Waals surface area contributed by atoms with Crippen LogP contribution in [0.15, 0.2) is 23.1 Å². The zero-order valence-corrected chi connectivity index (χ0v) is 11.9. The van der Waals surface area contributed by atoms with E-state index in [0.29, 0.717) is 6.54 Å². The highest BCUT2D eigenvalue weighted by molar-refractivity contribution is 7.89. The first kappa shape index (κ1) is 15.6. The van der Waals surface area contributed by atoms with E-state index in [2.05, 4.69) is 0 Å². The van der Waals surface area contributed by atoms with Crippen LogP contribution < -0.4 is 5.14 Å². The molecular weight excluding hydrogens is 271 g/mol. The summed E-state index contributed by atoms with van der Waals surface area (Å²) < 4.78 is 35.7. The second-order valence-corrected chi connectivity index (χ2v) is 6.36. The van der Waals surface area contributed by atoms with Crippen LogP contribution in [0.2, 0.25) is 0 Å². The Balaban J connectivity index is 3.14. The van der Waals surface area contributed by atoms with E-state index in [0.717, 1.165) is 18.2 Å². The van der Waals surface area contributed by atoms with Gasteiger partial charge in [-0.3, -0.25) is 4.79 Å². The molecule has 1 amide bonds. The molecule has 0 unspecified atom stereocenters. The van der Waals surface area contributed by atoms with E-state index in [1.165, 1.54) is 4.90 Å². The Morgan fingerprint density at radius 2 is 1.95 bits per heavy atom. The average Bonchev–Trinajstić information content (AvgIpc) is 2.25. The smallest absolute Gasteiger partial charge is 0.253 e. The van der Waals surface area contributed by atoms with Crippen LogP contribution in [0.5, 0.6) is 0 Å². The molecule has 0 aromatic heterocycles. The molecule has 0 aliphatic carbocycles. The number of carbonyl (C=O) groups excluding carboxylic acids is 1. The van der Waals surface area contributed by atoms with Gasteiger partial charge < -0.3 is 4.90 Å². The Hall–Kier alpha value is -1.47. The molecule has 0 saturated carbocycles. The fraction of sp³-hybridized carbons (Fsp3) is 0.417. The van der Waals surface area contributed by atoms with Crippen LogP contribution >= 0.6 is 0 Å². The number of halogens is 1. The van der Waals surface area contributed by atoms with E-state index < -0.39 is 26.6 Å². The van der Waals surface area contributed by atoms with E-state index in [9.17, 15) is 17.6 Å². The van der Waals surface area contributed by atoms with Crippen LogP contribution in [0.1, 0.15) is 24.2 Å². The number of amides is 1. The third kappa shape index (κ3) is 4.29. The number of sulfonamides is 1. The van der Waals surface area contributed by atoms with Gasteiger partial charge in [0.2, 0.25) is 10.0 Å². The quantitative estimate of drug-likeness (QED) is 0.904. The Bertz CT molecular complexity index is 585. The van der Waals surface area contributed by atoms with E-state index in [1.807, 2.05) is 13.8 Å². The average molecular weight is 288 g/mol. The molecule has 5 nitrogen and oxygen atoms in total. The van der Waals surface area contributed by atoms with Gasteiger partial charge in [-0.15, -0.1) is 0 Å². The summed E-state index contributed by atoms with van der Waals surface area (Å²) >= 11 is 0. The topological polar surface area (TPSA) is 80.5 Å². The van der Waals surface area contributed by atoms with Crippen molar-refractivity contribution in [1.82, 2.24) is 4.90 Å². The predicted molar refractivity (Wildman–Crippen MR) is 69.6 cm³/mol. The summed E-state index contributed by atoms with van der Waals surface area (Å²) in [6.45, 7) is 4.36. The minimum absolute atomic E-state index is 0.0350. The van der Waals surface area contributed by atoms with Crippen molar-refractivity contribution in [2.75, 3.05) is 13.6 Å². The highest BCUT2D eigenvalue weighted by atomic mass is 32.2. The van der Waals surface area contributed by atoms with Crippen LogP contribution in [-0.2, 0) is 10.0 Å². The van der Waals surface area contributed by atoms with Crippen LogP contribution in [0, 0.1) is 11.7 Å². The molecule has 106 valence electrons. The number of hydrogen-bond acceptors (Lipinski definition) is 3. The third-order valence-corrected chi connectivity index (χ3v) is 3.33. The first-order valence-corrected chi connectivity index (χ1v) is 7.24. The number of hydrogen-bond donors (Lipinski definition) is 1. The van der Waals surface area contributed by atoms with Gasteiger partial charge in [0.15, 0.2) is 0 Å². The zero-order chi connectivity index (χ0) is 14.8. The maximum absolute atomic E-state index is 13.4. The molecular formula is C12H17FN2O3S. The summed E-state index contributed by atoms with van der Waals surface area (Å²) in [5.74, 6) is -1.01. The maximum Gasteiger partial charge on any atom is 0.253 e. The summed E-state index contributed by atoms with van der Waals surface area (Å²) in [6.07, 6.45) is 0. The van der Waals surface area contributed by atoms with Crippen molar-refractivity contribution < 1.29 is 17.6 Å². The van der Waals surface area contributed by atoms with Crippen molar-refractivity contribution in [1.29, 1.82) is 0 Å². The van der Waals surface area contributed by atoms with Crippen molar-refractivity contribution >= 4 is 15.9 Å². The summed E-state index contributed by atoms with van der Waals surface area (Å²) in [4.78, 5) is 13.0. The van der Waals surface area contributed by atoms with Gasteiger partial charge in [0.1, 0.15) is 5.82 Å². The molecule has 0 aliphatic rings. The second-order valence-electron chi connectivity index (χ2n) is 4.80. The van der Waals surface area contributed by atoms with Crippen molar-refractivity contribution in [3.05, 3.63) is 29.6 Å². The monoisotopic (exact) mass is 288 g/mol. The second kappa shape index (κ2) is 5.66. The van der Waals surface area contributed by atoms with Gasteiger partial charge in [-0.25, -0.2) is 17.9 Å². The highest BCUT2D eigenvalue weighted by Gasteiger charge is 2.17. The number of rotatable bonds is 4. The first-order valence-electron chi connectivity index (χ1n) is 5.70. The van der Waals surface area contributed by atoms with Crippen molar-refractivity contribution in [3.8, 4) is 0 Å². The fourth-order valence-corrected chi connectivity index (χ4v) is 2.27. The standard InChI is InChI=1S/C12H17FN2O3S/c1-8(2)7-15(3)12(16)9-4-10(13)6-11(5-9)19(14,17)18/h4-6,8H,7H2,1-3H3,(H2,14,17,18). The lowest BCUT2D eigenvalue weighted by atomic mass is 10.1. The molecule has 0 spiro atoms. The Kier molecular flexibility index (Phi) is 4.65. The van der Waals surface area contributed by atoms with Gasteiger partial charge >= 0.3 is 0 Å². The van der Waals surface area contributed by atoms with Gasteiger partial charge in [-0.2, -0.15) is 0 Å². The normalized spacial score (nSPS) is 11.7. The Morgan fingerprint density at radius 3 is 2.42 bits per heavy atom. The molecule has 1 rings (SSSR count). The predicted octanol–water partition coefficient (Wildman–Crippen LogP) is 1.20. The minimum atomic E-state index is -4.04. The molecule has 0 atom stereocenters. The fourth-order valence-electron chi connectivity index (χ4n) is 1.70. The lowest BCUT2D eigenvalue weighted by molar-refractivity contribution is 0.0778. The molecule has 2 N–H and O–H groups in total. The van der Waals surface area contributed by atoms with Gasteiger partial charge in [0.05, 0.1) is 4.90 Å². The van der Waals surface area contributed by atoms with Gasteiger partial charge in [-0.05, 0) is 24.1 Å². The van der Waals surface area contributed by atoms with E-state index in [1.54, 1.807) is 7.05 Å². The van der Waals surface area contributed by atoms with E-state index >= 15 is 0 Å². The lowest BCUT2D eigenvalue weighted by Gasteiger charge is -2.19. The number of nitrogens with two attached hydrogens (primary N) is 1. The largest absolute Gasteiger partial charge is 0.341 e. The van der Waals surface area contributed by atoms with Crippen LogP contribution in [0.3, 0.4) is 0 Å². The molecule has 0 fully saturated rings. The summed E-state index contributed by atoms with van der Waals surface area (Å²) in [5, 5.41) is 4.93. The minimum Gasteiger partial charge on any atom is -0.341 e. The maximum atomic E-state index is 13.4. The molecule has 0 aliphatic heterocycles.